The predicted molar refractivity (Wildman–Crippen MR) is 62.6 cm³/mol. The van der Waals surface area contributed by atoms with Crippen LogP contribution in [0.25, 0.3) is 0 Å². The third-order valence-corrected chi connectivity index (χ3v) is 1.87. The Balaban J connectivity index is 2.79. The first-order chi connectivity index (χ1) is 7.42. The molecule has 0 unspecified atom stereocenters. The van der Waals surface area contributed by atoms with E-state index >= 15 is 0 Å². The van der Waals surface area contributed by atoms with Crippen LogP contribution in [-0.4, -0.2) is 11.6 Å². The first kappa shape index (κ1) is 12.7. The number of nitrogens with two attached hydrogens (primary N) is 1. The molecular formula is C12H18N2O2. The summed E-state index contributed by atoms with van der Waals surface area (Å²) in [7, 11) is 0. The van der Waals surface area contributed by atoms with Crippen molar-refractivity contribution in [1.29, 1.82) is 0 Å². The van der Waals surface area contributed by atoms with Gasteiger partial charge in [0, 0.05) is 6.54 Å². The molecule has 0 aromatic heterocycles. The zero-order valence-electron chi connectivity index (χ0n) is 9.91. The second kappa shape index (κ2) is 5.09. The van der Waals surface area contributed by atoms with E-state index in [0.717, 1.165) is 5.56 Å². The molecule has 4 heteroatoms. The number of hydrogen-bond acceptors (Lipinski definition) is 4. The first-order valence-electron chi connectivity index (χ1n) is 5.18. The van der Waals surface area contributed by atoms with E-state index in [1.807, 2.05) is 32.9 Å². The van der Waals surface area contributed by atoms with Crippen molar-refractivity contribution < 1.29 is 9.53 Å². The van der Waals surface area contributed by atoms with Gasteiger partial charge in [0.05, 0.1) is 5.56 Å². The van der Waals surface area contributed by atoms with Gasteiger partial charge in [-0.25, -0.2) is 4.79 Å². The highest BCUT2D eigenvalue weighted by Crippen LogP contribution is 2.13. The number of esters is 1. The van der Waals surface area contributed by atoms with E-state index in [1.54, 1.807) is 12.1 Å². The lowest BCUT2D eigenvalue weighted by atomic mass is 10.1. The lowest BCUT2D eigenvalue weighted by Crippen LogP contribution is -2.24. The average Bonchev–Trinajstić information content (AvgIpc) is 2.16. The molecule has 0 fully saturated rings. The van der Waals surface area contributed by atoms with Crippen LogP contribution in [0.3, 0.4) is 0 Å². The van der Waals surface area contributed by atoms with Crippen LogP contribution in [0, 0.1) is 0 Å². The molecule has 0 saturated carbocycles. The molecule has 0 aliphatic heterocycles. The third-order valence-electron chi connectivity index (χ3n) is 1.87. The second-order valence-corrected chi connectivity index (χ2v) is 4.58. The summed E-state index contributed by atoms with van der Waals surface area (Å²) < 4.78 is 5.27. The van der Waals surface area contributed by atoms with E-state index in [-0.39, 0.29) is 5.97 Å². The normalized spacial score (nSPS) is 11.2. The van der Waals surface area contributed by atoms with E-state index in [9.17, 15) is 4.79 Å². The van der Waals surface area contributed by atoms with Gasteiger partial charge in [-0.3, -0.25) is 11.3 Å². The van der Waals surface area contributed by atoms with Crippen molar-refractivity contribution in [1.82, 2.24) is 5.43 Å². The van der Waals surface area contributed by atoms with Crippen LogP contribution < -0.4 is 11.3 Å². The highest BCUT2D eigenvalue weighted by molar-refractivity contribution is 5.89. The molecule has 3 N–H and O–H groups in total. The summed E-state index contributed by atoms with van der Waals surface area (Å²) in [6.07, 6.45) is 0. The molecule has 88 valence electrons. The van der Waals surface area contributed by atoms with E-state index < -0.39 is 5.60 Å². The van der Waals surface area contributed by atoms with E-state index in [1.165, 1.54) is 0 Å². The van der Waals surface area contributed by atoms with Crippen molar-refractivity contribution in [2.45, 2.75) is 32.9 Å². The number of ether oxygens (including phenoxy) is 1. The predicted octanol–water partition coefficient (Wildman–Crippen LogP) is 1.61. The second-order valence-electron chi connectivity index (χ2n) is 4.58. The number of carbonyl (C=O) groups is 1. The molecule has 4 nitrogen and oxygen atoms in total. The van der Waals surface area contributed by atoms with Gasteiger partial charge in [0.25, 0.3) is 0 Å². The molecular weight excluding hydrogens is 204 g/mol. The van der Waals surface area contributed by atoms with Gasteiger partial charge >= 0.3 is 5.97 Å². The van der Waals surface area contributed by atoms with Gasteiger partial charge < -0.3 is 4.74 Å². The Kier molecular flexibility index (Phi) is 4.04. The van der Waals surface area contributed by atoms with Crippen LogP contribution in [0.1, 0.15) is 36.7 Å². The smallest absolute Gasteiger partial charge is 0.338 e. The molecule has 0 aliphatic rings. The Labute approximate surface area is 95.8 Å². The van der Waals surface area contributed by atoms with Crippen LogP contribution in [0.4, 0.5) is 0 Å². The number of benzene rings is 1. The molecule has 1 rings (SSSR count). The Morgan fingerprint density at radius 2 is 2.12 bits per heavy atom. The van der Waals surface area contributed by atoms with E-state index in [0.29, 0.717) is 12.1 Å². The van der Waals surface area contributed by atoms with Crippen molar-refractivity contribution in [3.63, 3.8) is 0 Å². The highest BCUT2D eigenvalue weighted by Gasteiger charge is 2.17. The van der Waals surface area contributed by atoms with Gasteiger partial charge in [-0.15, -0.1) is 0 Å². The molecule has 0 spiro atoms. The van der Waals surface area contributed by atoms with Crippen LogP contribution >= 0.6 is 0 Å². The Hall–Kier alpha value is -1.39. The fourth-order valence-electron chi connectivity index (χ4n) is 1.26. The third kappa shape index (κ3) is 4.00. The maximum atomic E-state index is 11.7. The van der Waals surface area contributed by atoms with Crippen molar-refractivity contribution >= 4 is 5.97 Å². The lowest BCUT2D eigenvalue weighted by molar-refractivity contribution is 0.00694. The van der Waals surface area contributed by atoms with Crippen molar-refractivity contribution in [3.8, 4) is 0 Å². The minimum absolute atomic E-state index is 0.314. The minimum atomic E-state index is -0.473. The standard InChI is InChI=1S/C12H18N2O2/c1-12(2,3)16-11(15)10-6-4-5-9(7-10)8-14-13/h4-7,14H,8,13H2,1-3H3. The summed E-state index contributed by atoms with van der Waals surface area (Å²) in [5, 5.41) is 0. The number of hydrazine groups is 1. The highest BCUT2D eigenvalue weighted by atomic mass is 16.6. The monoisotopic (exact) mass is 222 g/mol. The summed E-state index contributed by atoms with van der Waals surface area (Å²) in [5.41, 5.74) is 3.57. The van der Waals surface area contributed by atoms with Gasteiger partial charge in [-0.1, -0.05) is 12.1 Å². The fraction of sp³-hybridized carbons (Fsp3) is 0.417. The number of nitrogens with one attached hydrogen (secondary N) is 1. The lowest BCUT2D eigenvalue weighted by Gasteiger charge is -2.19. The number of rotatable bonds is 3. The van der Waals surface area contributed by atoms with Crippen molar-refractivity contribution in [2.24, 2.45) is 5.84 Å². The largest absolute Gasteiger partial charge is 0.456 e. The van der Waals surface area contributed by atoms with Crippen LogP contribution in [-0.2, 0) is 11.3 Å². The van der Waals surface area contributed by atoms with Crippen LogP contribution in [0.5, 0.6) is 0 Å². The summed E-state index contributed by atoms with van der Waals surface area (Å²) in [4.78, 5) is 11.7. The maximum absolute atomic E-state index is 11.7. The van der Waals surface area contributed by atoms with Gasteiger partial charge in [0.15, 0.2) is 0 Å². The Morgan fingerprint density at radius 1 is 1.44 bits per heavy atom. The molecule has 0 aliphatic carbocycles. The quantitative estimate of drug-likeness (QED) is 0.463. The number of carbonyl (C=O) groups excluding carboxylic acids is 1. The maximum Gasteiger partial charge on any atom is 0.338 e. The number of hydrogen-bond donors (Lipinski definition) is 2. The molecule has 1 aromatic rings. The van der Waals surface area contributed by atoms with Gasteiger partial charge in [-0.2, -0.15) is 0 Å². The SMILES string of the molecule is CC(C)(C)OC(=O)c1cccc(CNN)c1. The molecule has 0 bridgehead atoms. The van der Waals surface area contributed by atoms with Gasteiger partial charge in [0.1, 0.15) is 5.60 Å². The topological polar surface area (TPSA) is 64.3 Å². The van der Waals surface area contributed by atoms with Gasteiger partial charge in [0.2, 0.25) is 0 Å². The molecule has 1 aromatic carbocycles. The zero-order valence-corrected chi connectivity index (χ0v) is 9.91. The van der Waals surface area contributed by atoms with Gasteiger partial charge in [-0.05, 0) is 38.5 Å². The molecule has 0 heterocycles. The summed E-state index contributed by atoms with van der Waals surface area (Å²) >= 11 is 0. The average molecular weight is 222 g/mol. The molecule has 0 atom stereocenters. The summed E-state index contributed by atoms with van der Waals surface area (Å²) in [6.45, 7) is 6.05. The van der Waals surface area contributed by atoms with Crippen molar-refractivity contribution in [2.75, 3.05) is 0 Å². The summed E-state index contributed by atoms with van der Waals surface area (Å²) in [5.74, 6) is 4.91. The van der Waals surface area contributed by atoms with E-state index in [2.05, 4.69) is 5.43 Å². The molecule has 0 radical (unpaired) electrons. The van der Waals surface area contributed by atoms with Crippen LogP contribution in [0.15, 0.2) is 24.3 Å². The zero-order chi connectivity index (χ0) is 12.2. The van der Waals surface area contributed by atoms with Crippen LogP contribution in [0.2, 0.25) is 0 Å². The van der Waals surface area contributed by atoms with Crippen molar-refractivity contribution in [3.05, 3.63) is 35.4 Å². The molecule has 16 heavy (non-hydrogen) atoms. The summed E-state index contributed by atoms with van der Waals surface area (Å²) in [6, 6.07) is 7.21. The Bertz CT molecular complexity index is 370. The minimum Gasteiger partial charge on any atom is -0.456 e. The first-order valence-corrected chi connectivity index (χ1v) is 5.18. The van der Waals surface area contributed by atoms with E-state index in [4.69, 9.17) is 10.6 Å². The molecule has 0 amide bonds. The fourth-order valence-corrected chi connectivity index (χ4v) is 1.26. The molecule has 0 saturated heterocycles. The Morgan fingerprint density at radius 3 is 2.69 bits per heavy atom.